The van der Waals surface area contributed by atoms with Crippen LogP contribution in [-0.2, 0) is 4.79 Å². The van der Waals surface area contributed by atoms with Gasteiger partial charge in [-0.15, -0.1) is 0 Å². The lowest BCUT2D eigenvalue weighted by molar-refractivity contribution is -0.124. The molecule has 0 bridgehead atoms. The van der Waals surface area contributed by atoms with Gasteiger partial charge in [-0.25, -0.2) is 9.97 Å². The second-order valence-corrected chi connectivity index (χ2v) is 6.20. The SMILES string of the molecule is CN(c1ncnc2[nH]ccc12)[C@H]1CC2CC(=O)NC[C@@H]2C1. The second-order valence-electron chi connectivity index (χ2n) is 6.20. The number of aromatic amines is 1. The van der Waals surface area contributed by atoms with Crippen LogP contribution in [0, 0.1) is 11.8 Å². The Labute approximate surface area is 123 Å². The van der Waals surface area contributed by atoms with Crippen LogP contribution in [-0.4, -0.2) is 40.5 Å². The predicted molar refractivity (Wildman–Crippen MR) is 79.9 cm³/mol. The minimum atomic E-state index is 0.203. The maximum absolute atomic E-state index is 11.5. The highest BCUT2D eigenvalue weighted by molar-refractivity contribution is 5.87. The van der Waals surface area contributed by atoms with Crippen molar-refractivity contribution in [3.63, 3.8) is 0 Å². The number of anilines is 1. The molecule has 3 atom stereocenters. The van der Waals surface area contributed by atoms with Crippen molar-refractivity contribution >= 4 is 22.8 Å². The van der Waals surface area contributed by atoms with Gasteiger partial charge < -0.3 is 15.2 Å². The fraction of sp³-hybridized carbons (Fsp3) is 0.533. The van der Waals surface area contributed by atoms with E-state index in [4.69, 9.17) is 0 Å². The Balaban J connectivity index is 1.59. The summed E-state index contributed by atoms with van der Waals surface area (Å²) in [5, 5.41) is 4.05. The Morgan fingerprint density at radius 2 is 2.14 bits per heavy atom. The summed E-state index contributed by atoms with van der Waals surface area (Å²) in [6.45, 7) is 0.831. The van der Waals surface area contributed by atoms with Gasteiger partial charge in [-0.3, -0.25) is 4.79 Å². The Bertz CT molecular complexity index is 682. The lowest BCUT2D eigenvalue weighted by Gasteiger charge is -2.26. The highest BCUT2D eigenvalue weighted by Gasteiger charge is 2.40. The minimum Gasteiger partial charge on any atom is -0.356 e. The van der Waals surface area contributed by atoms with E-state index in [-0.39, 0.29) is 5.91 Å². The van der Waals surface area contributed by atoms with Crippen molar-refractivity contribution in [2.45, 2.75) is 25.3 Å². The third-order valence-electron chi connectivity index (χ3n) is 5.04. The van der Waals surface area contributed by atoms with Crippen molar-refractivity contribution in [3.8, 4) is 0 Å². The fourth-order valence-electron chi connectivity index (χ4n) is 3.86. The zero-order chi connectivity index (χ0) is 14.4. The number of piperidine rings is 1. The maximum Gasteiger partial charge on any atom is 0.220 e. The van der Waals surface area contributed by atoms with Gasteiger partial charge in [0, 0.05) is 32.3 Å². The summed E-state index contributed by atoms with van der Waals surface area (Å²) < 4.78 is 0. The van der Waals surface area contributed by atoms with Gasteiger partial charge >= 0.3 is 0 Å². The van der Waals surface area contributed by atoms with Gasteiger partial charge in [0.25, 0.3) is 0 Å². The number of carbonyl (C=O) groups excluding carboxylic acids is 1. The molecule has 2 aliphatic rings. The first-order chi connectivity index (χ1) is 10.2. The third kappa shape index (κ3) is 2.05. The number of fused-ring (bicyclic) bond motifs is 2. The number of amides is 1. The smallest absolute Gasteiger partial charge is 0.220 e. The van der Waals surface area contributed by atoms with E-state index in [9.17, 15) is 4.79 Å². The van der Waals surface area contributed by atoms with Crippen molar-refractivity contribution in [3.05, 3.63) is 18.6 Å². The number of hydrogen-bond donors (Lipinski definition) is 2. The highest BCUT2D eigenvalue weighted by Crippen LogP contribution is 2.39. The largest absolute Gasteiger partial charge is 0.356 e. The number of aromatic nitrogens is 3. The van der Waals surface area contributed by atoms with Crippen LogP contribution in [0.2, 0.25) is 0 Å². The van der Waals surface area contributed by atoms with Crippen LogP contribution < -0.4 is 10.2 Å². The molecule has 4 rings (SSSR count). The first-order valence-electron chi connectivity index (χ1n) is 7.50. The molecule has 0 spiro atoms. The second kappa shape index (κ2) is 4.72. The Hall–Kier alpha value is -2.11. The molecular formula is C15H19N5O. The zero-order valence-electron chi connectivity index (χ0n) is 12.0. The molecule has 110 valence electrons. The Kier molecular flexibility index (Phi) is 2.83. The van der Waals surface area contributed by atoms with Gasteiger partial charge in [0.2, 0.25) is 5.91 Å². The topological polar surface area (TPSA) is 73.9 Å². The number of rotatable bonds is 2. The van der Waals surface area contributed by atoms with Crippen LogP contribution in [0.1, 0.15) is 19.3 Å². The van der Waals surface area contributed by atoms with Gasteiger partial charge in [-0.1, -0.05) is 0 Å². The van der Waals surface area contributed by atoms with Crippen LogP contribution in [0.4, 0.5) is 5.82 Å². The summed E-state index contributed by atoms with van der Waals surface area (Å²) in [6.07, 6.45) is 6.38. The summed E-state index contributed by atoms with van der Waals surface area (Å²) in [5.41, 5.74) is 0.874. The van der Waals surface area contributed by atoms with E-state index in [0.717, 1.165) is 36.2 Å². The standard InChI is InChI=1S/C15H19N5O/c1-20(15-12-2-3-16-14(12)18-8-19-15)11-4-9-6-13(21)17-7-10(9)5-11/h2-3,8-11H,4-7H2,1H3,(H,17,21)(H,16,18,19)/t9?,10-,11-/m0/s1. The normalized spacial score (nSPS) is 28.4. The number of hydrogen-bond acceptors (Lipinski definition) is 4. The molecule has 2 N–H and O–H groups in total. The van der Waals surface area contributed by atoms with E-state index in [1.54, 1.807) is 6.33 Å². The molecule has 3 heterocycles. The van der Waals surface area contributed by atoms with Crippen LogP contribution in [0.15, 0.2) is 18.6 Å². The van der Waals surface area contributed by atoms with E-state index in [2.05, 4.69) is 32.2 Å². The number of H-pyrrole nitrogens is 1. The average molecular weight is 285 g/mol. The molecule has 0 aromatic carbocycles. The Morgan fingerprint density at radius 1 is 1.29 bits per heavy atom. The van der Waals surface area contributed by atoms with Crippen molar-refractivity contribution in [1.29, 1.82) is 0 Å². The molecule has 1 aliphatic heterocycles. The molecule has 6 heteroatoms. The molecule has 0 radical (unpaired) electrons. The van der Waals surface area contributed by atoms with Crippen LogP contribution >= 0.6 is 0 Å². The quantitative estimate of drug-likeness (QED) is 0.872. The third-order valence-corrected chi connectivity index (χ3v) is 5.04. The van der Waals surface area contributed by atoms with Gasteiger partial charge in [-0.05, 0) is 30.7 Å². The maximum atomic E-state index is 11.5. The summed E-state index contributed by atoms with van der Waals surface area (Å²) in [6, 6.07) is 2.47. The lowest BCUT2D eigenvalue weighted by Crippen LogP contribution is -2.38. The first kappa shape index (κ1) is 12.6. The summed E-state index contributed by atoms with van der Waals surface area (Å²) in [7, 11) is 2.10. The van der Waals surface area contributed by atoms with E-state index in [0.29, 0.717) is 24.3 Å². The van der Waals surface area contributed by atoms with E-state index in [1.807, 2.05) is 12.3 Å². The van der Waals surface area contributed by atoms with Crippen molar-refractivity contribution < 1.29 is 4.79 Å². The molecule has 1 saturated heterocycles. The predicted octanol–water partition coefficient (Wildman–Crippen LogP) is 1.31. The molecule has 2 aromatic rings. The number of nitrogens with zero attached hydrogens (tertiary/aromatic N) is 3. The first-order valence-corrected chi connectivity index (χ1v) is 7.50. The molecule has 6 nitrogen and oxygen atoms in total. The molecule has 1 aliphatic carbocycles. The van der Waals surface area contributed by atoms with E-state index in [1.165, 1.54) is 0 Å². The molecular weight excluding hydrogens is 266 g/mol. The minimum absolute atomic E-state index is 0.203. The van der Waals surface area contributed by atoms with Gasteiger partial charge in [0.05, 0.1) is 5.39 Å². The van der Waals surface area contributed by atoms with Gasteiger partial charge in [0.15, 0.2) is 0 Å². The zero-order valence-corrected chi connectivity index (χ0v) is 12.0. The molecule has 1 amide bonds. The fourth-order valence-corrected chi connectivity index (χ4v) is 3.86. The van der Waals surface area contributed by atoms with Crippen LogP contribution in [0.5, 0.6) is 0 Å². The number of carbonyl (C=O) groups is 1. The van der Waals surface area contributed by atoms with Crippen LogP contribution in [0.25, 0.3) is 11.0 Å². The van der Waals surface area contributed by atoms with Gasteiger partial charge in [0.1, 0.15) is 17.8 Å². The Morgan fingerprint density at radius 3 is 3.05 bits per heavy atom. The van der Waals surface area contributed by atoms with Crippen molar-refractivity contribution in [2.24, 2.45) is 11.8 Å². The van der Waals surface area contributed by atoms with Crippen molar-refractivity contribution in [1.82, 2.24) is 20.3 Å². The van der Waals surface area contributed by atoms with E-state index < -0.39 is 0 Å². The van der Waals surface area contributed by atoms with Crippen LogP contribution in [0.3, 0.4) is 0 Å². The monoisotopic (exact) mass is 285 g/mol. The highest BCUT2D eigenvalue weighted by atomic mass is 16.1. The lowest BCUT2D eigenvalue weighted by atomic mass is 9.89. The summed E-state index contributed by atoms with van der Waals surface area (Å²) in [5.74, 6) is 2.31. The molecule has 21 heavy (non-hydrogen) atoms. The van der Waals surface area contributed by atoms with E-state index >= 15 is 0 Å². The number of nitrogens with one attached hydrogen (secondary N) is 2. The van der Waals surface area contributed by atoms with Gasteiger partial charge in [-0.2, -0.15) is 0 Å². The molecule has 2 aromatic heterocycles. The summed E-state index contributed by atoms with van der Waals surface area (Å²) >= 11 is 0. The average Bonchev–Trinajstić information content (AvgIpc) is 3.11. The molecule has 1 unspecified atom stereocenters. The summed E-state index contributed by atoms with van der Waals surface area (Å²) in [4.78, 5) is 25.6. The van der Waals surface area contributed by atoms with Crippen molar-refractivity contribution in [2.75, 3.05) is 18.5 Å². The molecule has 1 saturated carbocycles. The molecule has 2 fully saturated rings.